The van der Waals surface area contributed by atoms with Crippen LogP contribution in [0.25, 0.3) is 0 Å². The Balaban J connectivity index is 1.34. The fourth-order valence-electron chi connectivity index (χ4n) is 3.29. The number of thioether (sulfide) groups is 1. The topological polar surface area (TPSA) is 50.4 Å². The van der Waals surface area contributed by atoms with Crippen LogP contribution in [0.2, 0.25) is 0 Å². The molecule has 0 spiro atoms. The number of hydrogen-bond donors (Lipinski definition) is 2. The number of methoxy groups -OCH3 is 1. The average Bonchev–Trinajstić information content (AvgIpc) is 3.20. The van der Waals surface area contributed by atoms with Crippen LogP contribution in [0.5, 0.6) is 5.75 Å². The van der Waals surface area contributed by atoms with E-state index < -0.39 is 0 Å². The van der Waals surface area contributed by atoms with Crippen molar-refractivity contribution in [1.29, 1.82) is 0 Å². The number of nitrogens with one attached hydrogen (secondary N) is 2. The molecule has 1 heterocycles. The average molecular weight is 385 g/mol. The van der Waals surface area contributed by atoms with Gasteiger partial charge in [0.05, 0.1) is 13.5 Å². The molecule has 0 radical (unpaired) electrons. The lowest BCUT2D eigenvalue weighted by atomic mass is 9.97. The Morgan fingerprint density at radius 2 is 1.89 bits per heavy atom. The predicted octanol–water partition coefficient (Wildman–Crippen LogP) is 3.30. The van der Waals surface area contributed by atoms with Crippen LogP contribution < -0.4 is 15.4 Å². The third-order valence-corrected chi connectivity index (χ3v) is 5.84. The summed E-state index contributed by atoms with van der Waals surface area (Å²) < 4.78 is 5.15. The van der Waals surface area contributed by atoms with Crippen LogP contribution in [0.1, 0.15) is 17.5 Å². The molecule has 0 aromatic heterocycles. The minimum atomic E-state index is 0.0815. The number of carbonyl (C=O) groups is 1. The quantitative estimate of drug-likeness (QED) is 0.514. The second-order valence-corrected chi connectivity index (χ2v) is 8.10. The summed E-state index contributed by atoms with van der Waals surface area (Å²) in [6.07, 6.45) is 2.83. The molecular weight excluding hydrogens is 356 g/mol. The molecule has 144 valence electrons. The highest BCUT2D eigenvalue weighted by Gasteiger charge is 2.14. The Morgan fingerprint density at radius 3 is 2.56 bits per heavy atom. The van der Waals surface area contributed by atoms with Crippen molar-refractivity contribution >= 4 is 17.7 Å². The van der Waals surface area contributed by atoms with Crippen molar-refractivity contribution in [2.75, 3.05) is 32.5 Å². The van der Waals surface area contributed by atoms with E-state index in [0.717, 1.165) is 42.5 Å². The highest BCUT2D eigenvalue weighted by atomic mass is 32.2. The summed E-state index contributed by atoms with van der Waals surface area (Å²) in [7, 11) is 1.67. The van der Waals surface area contributed by atoms with Crippen molar-refractivity contribution in [3.8, 4) is 5.75 Å². The van der Waals surface area contributed by atoms with Crippen molar-refractivity contribution in [2.45, 2.75) is 24.2 Å². The highest BCUT2D eigenvalue weighted by molar-refractivity contribution is 7.99. The summed E-state index contributed by atoms with van der Waals surface area (Å²) >= 11 is 1.73. The van der Waals surface area contributed by atoms with Gasteiger partial charge >= 0.3 is 0 Å². The van der Waals surface area contributed by atoms with Crippen LogP contribution in [-0.2, 0) is 17.6 Å². The fourth-order valence-corrected chi connectivity index (χ4v) is 4.06. The van der Waals surface area contributed by atoms with Crippen molar-refractivity contribution < 1.29 is 9.53 Å². The van der Waals surface area contributed by atoms with Crippen LogP contribution in [0.4, 0.5) is 0 Å². The first kappa shape index (κ1) is 19.8. The molecule has 2 aromatic rings. The molecule has 1 saturated heterocycles. The Kier molecular flexibility index (Phi) is 7.60. The van der Waals surface area contributed by atoms with Gasteiger partial charge in [-0.3, -0.25) is 4.79 Å². The molecule has 0 bridgehead atoms. The number of benzene rings is 2. The van der Waals surface area contributed by atoms with Gasteiger partial charge in [-0.25, -0.2) is 0 Å². The van der Waals surface area contributed by atoms with E-state index in [0.29, 0.717) is 13.0 Å². The van der Waals surface area contributed by atoms with E-state index in [1.807, 2.05) is 24.3 Å². The van der Waals surface area contributed by atoms with E-state index in [9.17, 15) is 4.79 Å². The van der Waals surface area contributed by atoms with E-state index in [-0.39, 0.29) is 5.91 Å². The maximum Gasteiger partial charge on any atom is 0.224 e. The molecule has 0 saturated carbocycles. The monoisotopic (exact) mass is 384 g/mol. The molecule has 3 rings (SSSR count). The number of rotatable bonds is 9. The number of amides is 1. The number of carbonyl (C=O) groups excluding carboxylic acids is 1. The third kappa shape index (κ3) is 6.60. The van der Waals surface area contributed by atoms with Gasteiger partial charge in [0.25, 0.3) is 0 Å². The summed E-state index contributed by atoms with van der Waals surface area (Å²) in [5.41, 5.74) is 2.44. The molecule has 1 unspecified atom stereocenters. The zero-order valence-corrected chi connectivity index (χ0v) is 16.7. The van der Waals surface area contributed by atoms with Crippen LogP contribution >= 0.6 is 11.8 Å². The van der Waals surface area contributed by atoms with Crippen LogP contribution in [-0.4, -0.2) is 38.4 Å². The first-order valence-electron chi connectivity index (χ1n) is 9.55. The SMILES string of the molecule is COc1ccc(SCCNC(=O)Cc2ccc(CC3CCNC3)cc2)cc1. The van der Waals surface area contributed by atoms with Gasteiger partial charge in [0, 0.05) is 17.2 Å². The van der Waals surface area contributed by atoms with Crippen molar-refractivity contribution in [1.82, 2.24) is 10.6 Å². The molecular formula is C22H28N2O2S. The molecule has 1 aliphatic rings. The molecule has 1 atom stereocenters. The van der Waals surface area contributed by atoms with Crippen LogP contribution in [0.3, 0.4) is 0 Å². The molecule has 0 aliphatic carbocycles. The van der Waals surface area contributed by atoms with Gasteiger partial charge in [0.15, 0.2) is 0 Å². The summed E-state index contributed by atoms with van der Waals surface area (Å²) in [5.74, 6) is 2.55. The Bertz CT molecular complexity index is 710. The molecule has 1 aliphatic heterocycles. The predicted molar refractivity (Wildman–Crippen MR) is 112 cm³/mol. The van der Waals surface area contributed by atoms with Crippen molar-refractivity contribution in [3.63, 3.8) is 0 Å². The smallest absolute Gasteiger partial charge is 0.224 e. The standard InChI is InChI=1S/C22H28N2O2S/c1-26-20-6-8-21(9-7-20)27-13-12-24-22(25)15-18-4-2-17(3-5-18)14-19-10-11-23-16-19/h2-9,19,23H,10-16H2,1H3,(H,24,25). The normalized spacial score (nSPS) is 16.3. The van der Waals surface area contributed by atoms with Gasteiger partial charge < -0.3 is 15.4 Å². The minimum Gasteiger partial charge on any atom is -0.497 e. The maximum atomic E-state index is 12.1. The van der Waals surface area contributed by atoms with E-state index >= 15 is 0 Å². The van der Waals surface area contributed by atoms with Crippen molar-refractivity contribution in [2.24, 2.45) is 5.92 Å². The Morgan fingerprint density at radius 1 is 1.15 bits per heavy atom. The Labute approximate surface area is 166 Å². The molecule has 5 heteroatoms. The summed E-state index contributed by atoms with van der Waals surface area (Å²) in [5, 5.41) is 6.41. The second-order valence-electron chi connectivity index (χ2n) is 6.93. The highest BCUT2D eigenvalue weighted by Crippen LogP contribution is 2.20. The number of ether oxygens (including phenoxy) is 1. The molecule has 1 fully saturated rings. The largest absolute Gasteiger partial charge is 0.497 e. The molecule has 4 nitrogen and oxygen atoms in total. The first-order valence-corrected chi connectivity index (χ1v) is 10.5. The van der Waals surface area contributed by atoms with Gasteiger partial charge in [-0.15, -0.1) is 11.8 Å². The lowest BCUT2D eigenvalue weighted by Gasteiger charge is -2.09. The van der Waals surface area contributed by atoms with E-state index in [4.69, 9.17) is 4.74 Å². The minimum absolute atomic E-state index is 0.0815. The molecule has 2 N–H and O–H groups in total. The summed E-state index contributed by atoms with van der Waals surface area (Å²) in [4.78, 5) is 13.3. The first-order chi connectivity index (χ1) is 13.2. The summed E-state index contributed by atoms with van der Waals surface area (Å²) in [6.45, 7) is 2.93. The second kappa shape index (κ2) is 10.4. The van der Waals surface area contributed by atoms with E-state index in [1.54, 1.807) is 18.9 Å². The lowest BCUT2D eigenvalue weighted by Crippen LogP contribution is -2.27. The third-order valence-electron chi connectivity index (χ3n) is 4.83. The van der Waals surface area contributed by atoms with Crippen LogP contribution in [0, 0.1) is 5.92 Å². The number of hydrogen-bond acceptors (Lipinski definition) is 4. The zero-order valence-electron chi connectivity index (χ0n) is 15.9. The Hall–Kier alpha value is -1.98. The zero-order chi connectivity index (χ0) is 18.9. The molecule has 2 aromatic carbocycles. The summed E-state index contributed by atoms with van der Waals surface area (Å²) in [6, 6.07) is 16.5. The molecule has 27 heavy (non-hydrogen) atoms. The van der Waals surface area contributed by atoms with Gasteiger partial charge in [-0.05, 0) is 67.2 Å². The lowest BCUT2D eigenvalue weighted by molar-refractivity contribution is -0.120. The van der Waals surface area contributed by atoms with E-state index in [2.05, 4.69) is 34.9 Å². The van der Waals surface area contributed by atoms with E-state index in [1.165, 1.54) is 16.9 Å². The fraction of sp³-hybridized carbons (Fsp3) is 0.409. The van der Waals surface area contributed by atoms with Crippen LogP contribution in [0.15, 0.2) is 53.4 Å². The van der Waals surface area contributed by atoms with Gasteiger partial charge in [0.2, 0.25) is 5.91 Å². The maximum absolute atomic E-state index is 12.1. The van der Waals surface area contributed by atoms with Gasteiger partial charge in [-0.1, -0.05) is 24.3 Å². The van der Waals surface area contributed by atoms with Crippen molar-refractivity contribution in [3.05, 3.63) is 59.7 Å². The van der Waals surface area contributed by atoms with Gasteiger partial charge in [-0.2, -0.15) is 0 Å². The van der Waals surface area contributed by atoms with Gasteiger partial charge in [0.1, 0.15) is 5.75 Å². The molecule has 1 amide bonds.